The van der Waals surface area contributed by atoms with Crippen LogP contribution in [0.4, 0.5) is 0 Å². The summed E-state index contributed by atoms with van der Waals surface area (Å²) in [4.78, 5) is 12.4. The molecule has 1 aliphatic rings. The number of nitrogens with zero attached hydrogens (tertiary/aromatic N) is 1. The Morgan fingerprint density at radius 1 is 1.30 bits per heavy atom. The quantitative estimate of drug-likeness (QED) is 0.464. The zero-order chi connectivity index (χ0) is 16.8. The highest BCUT2D eigenvalue weighted by molar-refractivity contribution is 5.97. The van der Waals surface area contributed by atoms with E-state index in [4.69, 9.17) is 4.74 Å². The van der Waals surface area contributed by atoms with Crippen LogP contribution in [0, 0.1) is 29.1 Å². The smallest absolute Gasteiger partial charge is 0.349 e. The van der Waals surface area contributed by atoms with Gasteiger partial charge in [0.05, 0.1) is 0 Å². The van der Waals surface area contributed by atoms with Gasteiger partial charge in [-0.3, -0.25) is 0 Å². The van der Waals surface area contributed by atoms with Gasteiger partial charge in [-0.2, -0.15) is 5.26 Å². The molecule has 0 heterocycles. The minimum absolute atomic E-state index is 0.0666. The van der Waals surface area contributed by atoms with E-state index >= 15 is 0 Å². The molecule has 0 radical (unpaired) electrons. The zero-order valence-electron chi connectivity index (χ0n) is 14.2. The first-order chi connectivity index (χ1) is 11.0. The molecule has 122 valence electrons. The largest absolute Gasteiger partial charge is 0.458 e. The highest BCUT2D eigenvalue weighted by Gasteiger charge is 2.33. The second-order valence-electron chi connectivity index (χ2n) is 6.85. The first-order valence-electron chi connectivity index (χ1n) is 8.39. The van der Waals surface area contributed by atoms with Crippen molar-refractivity contribution in [3.8, 4) is 6.07 Å². The Labute approximate surface area is 139 Å². The van der Waals surface area contributed by atoms with Crippen molar-refractivity contribution in [2.24, 2.45) is 17.8 Å². The molecule has 0 aliphatic heterocycles. The first kappa shape index (κ1) is 17.3. The monoisotopic (exact) mass is 311 g/mol. The summed E-state index contributed by atoms with van der Waals surface area (Å²) in [6.07, 6.45) is 4.67. The number of carbonyl (C=O) groups excluding carboxylic acids is 1. The molecule has 1 fully saturated rings. The van der Waals surface area contributed by atoms with E-state index in [0.717, 1.165) is 18.4 Å². The Hall–Kier alpha value is -2.08. The average Bonchev–Trinajstić information content (AvgIpc) is 2.53. The topological polar surface area (TPSA) is 50.1 Å². The zero-order valence-corrected chi connectivity index (χ0v) is 14.2. The lowest BCUT2D eigenvalue weighted by atomic mass is 9.75. The van der Waals surface area contributed by atoms with E-state index in [9.17, 15) is 10.1 Å². The number of esters is 1. The number of ether oxygens (including phenoxy) is 1. The van der Waals surface area contributed by atoms with Crippen molar-refractivity contribution in [3.63, 3.8) is 0 Å². The fourth-order valence-electron chi connectivity index (χ4n) is 3.30. The van der Waals surface area contributed by atoms with Gasteiger partial charge in [-0.25, -0.2) is 4.79 Å². The van der Waals surface area contributed by atoms with Crippen LogP contribution in [-0.4, -0.2) is 12.1 Å². The van der Waals surface area contributed by atoms with Crippen molar-refractivity contribution in [1.82, 2.24) is 0 Å². The van der Waals surface area contributed by atoms with Crippen LogP contribution in [-0.2, 0) is 9.53 Å². The molecule has 3 nitrogen and oxygen atoms in total. The lowest BCUT2D eigenvalue weighted by Crippen LogP contribution is -2.36. The van der Waals surface area contributed by atoms with Gasteiger partial charge in [0.25, 0.3) is 0 Å². The molecule has 1 aromatic rings. The molecule has 0 unspecified atom stereocenters. The predicted octanol–water partition coefficient (Wildman–Crippen LogP) is 4.60. The number of carbonyl (C=O) groups is 1. The van der Waals surface area contributed by atoms with Gasteiger partial charge < -0.3 is 4.74 Å². The van der Waals surface area contributed by atoms with E-state index in [1.165, 1.54) is 6.42 Å². The fraction of sp³-hybridized carbons (Fsp3) is 0.500. The molecule has 0 amide bonds. The normalized spacial score (nSPS) is 25.0. The number of hydrogen-bond acceptors (Lipinski definition) is 3. The Balaban J connectivity index is 2.12. The standard InChI is InChI=1S/C20H25NO2/c1-14(2)18-10-9-15(3)11-19(18)23-20(22)17(13-21)12-16-7-5-4-6-8-16/h4-8,12,14-15,18-19H,9-11H2,1-3H3/b17-12+/t15-,18-,19+/m0/s1. The van der Waals surface area contributed by atoms with Gasteiger partial charge in [-0.1, -0.05) is 57.5 Å². The van der Waals surface area contributed by atoms with Crippen molar-refractivity contribution in [1.29, 1.82) is 5.26 Å². The summed E-state index contributed by atoms with van der Waals surface area (Å²) in [5.74, 6) is 0.920. The van der Waals surface area contributed by atoms with Gasteiger partial charge in [-0.05, 0) is 42.2 Å². The SMILES string of the molecule is CC(C)[C@@H]1CC[C@H](C)C[C@H]1OC(=O)/C(C#N)=C/c1ccccc1. The summed E-state index contributed by atoms with van der Waals surface area (Å²) in [5.41, 5.74) is 0.898. The van der Waals surface area contributed by atoms with Gasteiger partial charge in [0.15, 0.2) is 0 Å². The van der Waals surface area contributed by atoms with E-state index in [2.05, 4.69) is 20.8 Å². The molecule has 1 aliphatic carbocycles. The summed E-state index contributed by atoms with van der Waals surface area (Å²) >= 11 is 0. The molecule has 0 spiro atoms. The molecule has 0 saturated heterocycles. The third-order valence-electron chi connectivity index (χ3n) is 4.67. The van der Waals surface area contributed by atoms with Gasteiger partial charge in [0, 0.05) is 0 Å². The highest BCUT2D eigenvalue weighted by Crippen LogP contribution is 2.35. The molecule has 1 aromatic carbocycles. The van der Waals surface area contributed by atoms with E-state index in [0.29, 0.717) is 17.8 Å². The summed E-state index contributed by atoms with van der Waals surface area (Å²) in [7, 11) is 0. The van der Waals surface area contributed by atoms with Gasteiger partial charge in [0.2, 0.25) is 0 Å². The maximum atomic E-state index is 12.4. The van der Waals surface area contributed by atoms with Crippen LogP contribution in [0.2, 0.25) is 0 Å². The molecule has 23 heavy (non-hydrogen) atoms. The third kappa shape index (κ3) is 4.69. The molecule has 0 aromatic heterocycles. The molecule has 3 heteroatoms. The van der Waals surface area contributed by atoms with Crippen LogP contribution in [0.3, 0.4) is 0 Å². The number of hydrogen-bond donors (Lipinski definition) is 0. The minimum Gasteiger partial charge on any atom is -0.458 e. The Morgan fingerprint density at radius 3 is 2.61 bits per heavy atom. The second kappa shape index (κ2) is 7.97. The van der Waals surface area contributed by atoms with Crippen molar-refractivity contribution >= 4 is 12.0 Å². The second-order valence-corrected chi connectivity index (χ2v) is 6.85. The fourth-order valence-corrected chi connectivity index (χ4v) is 3.30. The molecular formula is C20H25NO2. The van der Waals surface area contributed by atoms with Crippen LogP contribution >= 0.6 is 0 Å². The van der Waals surface area contributed by atoms with E-state index in [1.807, 2.05) is 36.4 Å². The van der Waals surface area contributed by atoms with E-state index in [1.54, 1.807) is 6.08 Å². The maximum absolute atomic E-state index is 12.4. The van der Waals surface area contributed by atoms with Crippen LogP contribution in [0.15, 0.2) is 35.9 Å². The van der Waals surface area contributed by atoms with E-state index < -0.39 is 5.97 Å². The molecule has 2 rings (SSSR count). The average molecular weight is 311 g/mol. The summed E-state index contributed by atoms with van der Waals surface area (Å²) in [6.45, 7) is 6.54. The lowest BCUT2D eigenvalue weighted by Gasteiger charge is -2.36. The number of rotatable bonds is 4. The van der Waals surface area contributed by atoms with Gasteiger partial charge in [-0.15, -0.1) is 0 Å². The first-order valence-corrected chi connectivity index (χ1v) is 8.39. The van der Waals surface area contributed by atoms with Crippen molar-refractivity contribution in [2.45, 2.75) is 46.1 Å². The van der Waals surface area contributed by atoms with Crippen LogP contribution < -0.4 is 0 Å². The Morgan fingerprint density at radius 2 is 2.00 bits per heavy atom. The summed E-state index contributed by atoms with van der Waals surface area (Å²) in [6, 6.07) is 11.4. The molecular weight excluding hydrogens is 286 g/mol. The minimum atomic E-state index is -0.499. The number of nitriles is 1. The molecule has 0 N–H and O–H groups in total. The third-order valence-corrected chi connectivity index (χ3v) is 4.67. The predicted molar refractivity (Wildman–Crippen MR) is 91.3 cm³/mol. The van der Waals surface area contributed by atoms with Crippen molar-refractivity contribution < 1.29 is 9.53 Å². The van der Waals surface area contributed by atoms with Gasteiger partial charge in [0.1, 0.15) is 17.7 Å². The van der Waals surface area contributed by atoms with Crippen molar-refractivity contribution in [2.75, 3.05) is 0 Å². The Bertz CT molecular complexity index is 598. The summed E-state index contributed by atoms with van der Waals surface area (Å²) in [5, 5.41) is 9.30. The molecule has 0 bridgehead atoms. The highest BCUT2D eigenvalue weighted by atomic mass is 16.5. The summed E-state index contributed by atoms with van der Waals surface area (Å²) < 4.78 is 5.73. The van der Waals surface area contributed by atoms with Crippen LogP contribution in [0.5, 0.6) is 0 Å². The van der Waals surface area contributed by atoms with Crippen LogP contribution in [0.25, 0.3) is 6.08 Å². The van der Waals surface area contributed by atoms with Crippen molar-refractivity contribution in [3.05, 3.63) is 41.5 Å². The maximum Gasteiger partial charge on any atom is 0.349 e. The van der Waals surface area contributed by atoms with Crippen LogP contribution in [0.1, 0.15) is 45.6 Å². The van der Waals surface area contributed by atoms with E-state index in [-0.39, 0.29) is 11.7 Å². The van der Waals surface area contributed by atoms with Gasteiger partial charge >= 0.3 is 5.97 Å². The lowest BCUT2D eigenvalue weighted by molar-refractivity contribution is -0.150. The number of benzene rings is 1. The Kier molecular flexibility index (Phi) is 5.98. The molecule has 1 saturated carbocycles. The molecule has 3 atom stereocenters.